The number of benzene rings is 1. The predicted octanol–water partition coefficient (Wildman–Crippen LogP) is 2.55. The second-order valence-electron chi connectivity index (χ2n) is 3.83. The van der Waals surface area contributed by atoms with E-state index in [1.165, 1.54) is 5.56 Å². The van der Waals surface area contributed by atoms with Crippen molar-refractivity contribution in [1.82, 2.24) is 0 Å². The second kappa shape index (κ2) is 6.01. The van der Waals surface area contributed by atoms with Crippen LogP contribution in [-0.4, -0.2) is 21.3 Å². The summed E-state index contributed by atoms with van der Waals surface area (Å²) < 4.78 is 26.4. The van der Waals surface area contributed by atoms with Crippen molar-refractivity contribution in [2.45, 2.75) is 25.7 Å². The van der Waals surface area contributed by atoms with Gasteiger partial charge in [-0.25, -0.2) is 0 Å². The maximum atomic E-state index is 10.8. The van der Waals surface area contributed by atoms with Crippen LogP contribution in [0.3, 0.4) is 0 Å². The van der Waals surface area contributed by atoms with Crippen LogP contribution >= 0.6 is 0 Å². The van der Waals surface area contributed by atoms with Gasteiger partial charge < -0.3 is 0 Å². The summed E-state index contributed by atoms with van der Waals surface area (Å²) in [7, 11) is -3.31. The van der Waals surface area contributed by atoms with E-state index in [9.17, 15) is 8.42 Å². The van der Waals surface area contributed by atoms with Crippen LogP contribution in [0.4, 0.5) is 0 Å². The van der Waals surface area contributed by atoms with Crippen molar-refractivity contribution in [2.24, 2.45) is 0 Å². The van der Waals surface area contributed by atoms with Crippen molar-refractivity contribution in [3.05, 3.63) is 35.9 Å². The number of rotatable bonds is 6. The Morgan fingerprint density at radius 2 is 1.88 bits per heavy atom. The van der Waals surface area contributed by atoms with E-state index >= 15 is 0 Å². The standard InChI is InChI=1S/C12H18O3S/c1-3-11(9-10-15-16(2,13)14)12-7-5-4-6-8-12/h4-8,11H,3,9-10H2,1-2H3/t11-/m1/s1. The van der Waals surface area contributed by atoms with Crippen molar-refractivity contribution in [3.63, 3.8) is 0 Å². The summed E-state index contributed by atoms with van der Waals surface area (Å²) >= 11 is 0. The van der Waals surface area contributed by atoms with Crippen molar-refractivity contribution in [2.75, 3.05) is 12.9 Å². The van der Waals surface area contributed by atoms with E-state index < -0.39 is 10.1 Å². The van der Waals surface area contributed by atoms with Gasteiger partial charge in [0, 0.05) is 0 Å². The molecule has 0 spiro atoms. The summed E-state index contributed by atoms with van der Waals surface area (Å²) in [5.41, 5.74) is 1.24. The molecular formula is C12H18O3S. The van der Waals surface area contributed by atoms with Crippen molar-refractivity contribution >= 4 is 10.1 Å². The molecule has 0 aromatic heterocycles. The fourth-order valence-corrected chi connectivity index (χ4v) is 2.07. The summed E-state index contributed by atoms with van der Waals surface area (Å²) in [5, 5.41) is 0. The SMILES string of the molecule is CC[C@H](CCOS(C)(=O)=O)c1ccccc1. The zero-order valence-corrected chi connectivity index (χ0v) is 10.5. The van der Waals surface area contributed by atoms with E-state index in [0.29, 0.717) is 5.92 Å². The Morgan fingerprint density at radius 1 is 1.25 bits per heavy atom. The molecule has 0 fully saturated rings. The molecule has 0 aliphatic heterocycles. The third-order valence-electron chi connectivity index (χ3n) is 2.53. The van der Waals surface area contributed by atoms with E-state index in [2.05, 4.69) is 19.1 Å². The van der Waals surface area contributed by atoms with Crippen LogP contribution in [0.15, 0.2) is 30.3 Å². The van der Waals surface area contributed by atoms with E-state index in [-0.39, 0.29) is 6.61 Å². The van der Waals surface area contributed by atoms with E-state index in [4.69, 9.17) is 4.18 Å². The van der Waals surface area contributed by atoms with Gasteiger partial charge in [0.25, 0.3) is 10.1 Å². The minimum absolute atomic E-state index is 0.256. The highest BCUT2D eigenvalue weighted by atomic mass is 32.2. The van der Waals surface area contributed by atoms with Gasteiger partial charge in [-0.15, -0.1) is 0 Å². The quantitative estimate of drug-likeness (QED) is 0.720. The molecule has 1 atom stereocenters. The third kappa shape index (κ3) is 4.77. The Bertz CT molecular complexity index is 398. The Morgan fingerprint density at radius 3 is 2.38 bits per heavy atom. The summed E-state index contributed by atoms with van der Waals surface area (Å²) in [5.74, 6) is 0.364. The lowest BCUT2D eigenvalue weighted by Gasteiger charge is -2.14. The lowest BCUT2D eigenvalue weighted by molar-refractivity contribution is 0.301. The molecule has 0 amide bonds. The van der Waals surface area contributed by atoms with Gasteiger partial charge in [-0.3, -0.25) is 4.18 Å². The van der Waals surface area contributed by atoms with Crippen LogP contribution in [0.5, 0.6) is 0 Å². The Hall–Kier alpha value is -0.870. The summed E-state index contributed by atoms with van der Waals surface area (Å²) in [6.07, 6.45) is 2.79. The molecule has 0 aliphatic rings. The molecule has 1 aromatic carbocycles. The maximum Gasteiger partial charge on any atom is 0.264 e. The molecule has 90 valence electrons. The highest BCUT2D eigenvalue weighted by Gasteiger charge is 2.10. The van der Waals surface area contributed by atoms with Crippen molar-refractivity contribution < 1.29 is 12.6 Å². The Kier molecular flexibility index (Phi) is 4.96. The first-order chi connectivity index (χ1) is 7.53. The fraction of sp³-hybridized carbons (Fsp3) is 0.500. The molecule has 0 saturated carbocycles. The van der Waals surface area contributed by atoms with Gasteiger partial charge in [-0.2, -0.15) is 8.42 Å². The minimum Gasteiger partial charge on any atom is -0.270 e. The molecule has 0 aliphatic carbocycles. The fourth-order valence-electron chi connectivity index (χ4n) is 1.67. The topological polar surface area (TPSA) is 43.4 Å². The lowest BCUT2D eigenvalue weighted by Crippen LogP contribution is -2.08. The van der Waals surface area contributed by atoms with Gasteiger partial charge in [0.05, 0.1) is 12.9 Å². The normalized spacial score (nSPS) is 13.6. The molecule has 0 N–H and O–H groups in total. The van der Waals surface area contributed by atoms with Crippen LogP contribution in [-0.2, 0) is 14.3 Å². The molecule has 0 heterocycles. The monoisotopic (exact) mass is 242 g/mol. The molecule has 0 saturated heterocycles. The van der Waals surface area contributed by atoms with Crippen molar-refractivity contribution in [3.8, 4) is 0 Å². The first kappa shape index (κ1) is 13.2. The summed E-state index contributed by atoms with van der Waals surface area (Å²) in [6, 6.07) is 10.1. The summed E-state index contributed by atoms with van der Waals surface area (Å²) in [4.78, 5) is 0. The van der Waals surface area contributed by atoms with Crippen LogP contribution in [0.2, 0.25) is 0 Å². The Balaban J connectivity index is 2.51. The minimum atomic E-state index is -3.31. The first-order valence-corrected chi connectivity index (χ1v) is 7.24. The number of hydrogen-bond donors (Lipinski definition) is 0. The second-order valence-corrected chi connectivity index (χ2v) is 5.47. The highest BCUT2D eigenvalue weighted by Crippen LogP contribution is 2.22. The molecule has 1 rings (SSSR count). The summed E-state index contributed by atoms with van der Waals surface area (Å²) in [6.45, 7) is 2.35. The smallest absolute Gasteiger partial charge is 0.264 e. The third-order valence-corrected chi connectivity index (χ3v) is 3.12. The van der Waals surface area contributed by atoms with Crippen LogP contribution < -0.4 is 0 Å². The van der Waals surface area contributed by atoms with Gasteiger partial charge >= 0.3 is 0 Å². The molecule has 3 nitrogen and oxygen atoms in total. The zero-order valence-electron chi connectivity index (χ0n) is 9.72. The molecular weight excluding hydrogens is 224 g/mol. The molecule has 1 aromatic rings. The average Bonchev–Trinajstić information content (AvgIpc) is 2.24. The Labute approximate surface area is 97.6 Å². The van der Waals surface area contributed by atoms with Gasteiger partial charge in [-0.1, -0.05) is 37.3 Å². The zero-order chi connectivity index (χ0) is 12.0. The molecule has 0 radical (unpaired) electrons. The van der Waals surface area contributed by atoms with Crippen LogP contribution in [0.1, 0.15) is 31.2 Å². The lowest BCUT2D eigenvalue weighted by atomic mass is 9.94. The van der Waals surface area contributed by atoms with Gasteiger partial charge in [-0.05, 0) is 24.3 Å². The van der Waals surface area contributed by atoms with Gasteiger partial charge in [0.1, 0.15) is 0 Å². The van der Waals surface area contributed by atoms with Crippen LogP contribution in [0, 0.1) is 0 Å². The van der Waals surface area contributed by atoms with Crippen LogP contribution in [0.25, 0.3) is 0 Å². The molecule has 16 heavy (non-hydrogen) atoms. The molecule has 0 unspecified atom stereocenters. The molecule has 0 bridgehead atoms. The van der Waals surface area contributed by atoms with E-state index in [1.807, 2.05) is 18.2 Å². The average molecular weight is 242 g/mol. The molecule has 4 heteroatoms. The maximum absolute atomic E-state index is 10.8. The van der Waals surface area contributed by atoms with Crippen molar-refractivity contribution in [1.29, 1.82) is 0 Å². The first-order valence-electron chi connectivity index (χ1n) is 5.42. The largest absolute Gasteiger partial charge is 0.270 e. The van der Waals surface area contributed by atoms with Gasteiger partial charge in [0.2, 0.25) is 0 Å². The highest BCUT2D eigenvalue weighted by molar-refractivity contribution is 7.85. The van der Waals surface area contributed by atoms with E-state index in [0.717, 1.165) is 19.1 Å². The van der Waals surface area contributed by atoms with E-state index in [1.54, 1.807) is 0 Å². The number of hydrogen-bond acceptors (Lipinski definition) is 3. The predicted molar refractivity (Wildman–Crippen MR) is 64.9 cm³/mol. The van der Waals surface area contributed by atoms with Gasteiger partial charge in [0.15, 0.2) is 0 Å².